The summed E-state index contributed by atoms with van der Waals surface area (Å²) in [5.41, 5.74) is 2.51. The molecule has 0 saturated carbocycles. The molecule has 0 aliphatic heterocycles. The zero-order valence-electron chi connectivity index (χ0n) is 16.3. The molecule has 1 atom stereocenters. The summed E-state index contributed by atoms with van der Waals surface area (Å²) in [6.07, 6.45) is 3.49. The van der Waals surface area contributed by atoms with Crippen LogP contribution in [-0.4, -0.2) is 29.9 Å². The lowest BCUT2D eigenvalue weighted by atomic mass is 10.0. The first-order valence-corrected chi connectivity index (χ1v) is 9.12. The van der Waals surface area contributed by atoms with E-state index in [4.69, 9.17) is 9.47 Å². The number of methoxy groups -OCH3 is 1. The molecule has 0 radical (unpaired) electrons. The molecular formula is C23H24N2O3. The van der Waals surface area contributed by atoms with Crippen LogP contribution in [0, 0.1) is 0 Å². The number of aromatic nitrogens is 1. The molecule has 3 aromatic rings. The van der Waals surface area contributed by atoms with Crippen molar-refractivity contribution in [1.29, 1.82) is 0 Å². The molecule has 0 aliphatic carbocycles. The van der Waals surface area contributed by atoms with Crippen LogP contribution in [0.1, 0.15) is 34.5 Å². The van der Waals surface area contributed by atoms with Gasteiger partial charge < -0.3 is 14.4 Å². The molecule has 5 nitrogen and oxygen atoms in total. The van der Waals surface area contributed by atoms with Crippen molar-refractivity contribution in [3.05, 3.63) is 89.7 Å². The Labute approximate surface area is 165 Å². The third-order valence-corrected chi connectivity index (χ3v) is 4.70. The van der Waals surface area contributed by atoms with E-state index in [2.05, 4.69) is 4.98 Å². The Morgan fingerprint density at radius 2 is 1.93 bits per heavy atom. The van der Waals surface area contributed by atoms with E-state index in [0.717, 1.165) is 16.9 Å². The van der Waals surface area contributed by atoms with E-state index in [1.54, 1.807) is 43.6 Å². The van der Waals surface area contributed by atoms with E-state index >= 15 is 0 Å². The fraction of sp³-hybridized carbons (Fsp3) is 0.217. The quantitative estimate of drug-likeness (QED) is 0.609. The minimum atomic E-state index is -0.136. The number of amides is 1. The SMILES string of the molecule is COc1ccccc1C(C)N(C)C(=O)c1cccc(OCc2cccnc2)c1. The lowest BCUT2D eigenvalue weighted by molar-refractivity contribution is 0.0740. The number of nitrogens with zero attached hydrogens (tertiary/aromatic N) is 2. The summed E-state index contributed by atoms with van der Waals surface area (Å²) in [7, 11) is 3.43. The highest BCUT2D eigenvalue weighted by Crippen LogP contribution is 2.29. The van der Waals surface area contributed by atoms with E-state index in [9.17, 15) is 4.79 Å². The van der Waals surface area contributed by atoms with Gasteiger partial charge in [0.25, 0.3) is 5.91 Å². The van der Waals surface area contributed by atoms with Gasteiger partial charge in [0, 0.05) is 36.1 Å². The molecule has 0 fully saturated rings. The van der Waals surface area contributed by atoms with Gasteiger partial charge in [-0.3, -0.25) is 9.78 Å². The van der Waals surface area contributed by atoms with Gasteiger partial charge in [-0.1, -0.05) is 30.3 Å². The van der Waals surface area contributed by atoms with Crippen LogP contribution in [0.25, 0.3) is 0 Å². The molecule has 0 bridgehead atoms. The van der Waals surface area contributed by atoms with Crippen molar-refractivity contribution >= 4 is 5.91 Å². The van der Waals surface area contributed by atoms with Crippen molar-refractivity contribution in [2.75, 3.05) is 14.2 Å². The first-order valence-electron chi connectivity index (χ1n) is 9.12. The van der Waals surface area contributed by atoms with Crippen LogP contribution in [0.2, 0.25) is 0 Å². The highest BCUT2D eigenvalue weighted by Gasteiger charge is 2.21. The predicted octanol–water partition coefficient (Wildman–Crippen LogP) is 4.50. The smallest absolute Gasteiger partial charge is 0.254 e. The Hall–Kier alpha value is -3.34. The standard InChI is InChI=1S/C23H24N2O3/c1-17(21-11-4-5-12-22(21)27-3)25(2)23(26)19-9-6-10-20(14-19)28-16-18-8-7-13-24-15-18/h4-15,17H,16H2,1-3H3. The van der Waals surface area contributed by atoms with E-state index < -0.39 is 0 Å². The van der Waals surface area contributed by atoms with E-state index in [0.29, 0.717) is 17.9 Å². The van der Waals surface area contributed by atoms with Gasteiger partial charge in [0.1, 0.15) is 18.1 Å². The molecule has 1 aromatic heterocycles. The number of para-hydroxylation sites is 1. The largest absolute Gasteiger partial charge is 0.496 e. The van der Waals surface area contributed by atoms with Crippen molar-refractivity contribution in [1.82, 2.24) is 9.88 Å². The van der Waals surface area contributed by atoms with Crippen LogP contribution in [0.4, 0.5) is 0 Å². The number of hydrogen-bond donors (Lipinski definition) is 0. The molecular weight excluding hydrogens is 352 g/mol. The molecule has 3 rings (SSSR count). The molecule has 0 spiro atoms. The summed E-state index contributed by atoms with van der Waals surface area (Å²) in [4.78, 5) is 18.8. The second-order valence-corrected chi connectivity index (χ2v) is 6.51. The predicted molar refractivity (Wildman–Crippen MR) is 109 cm³/mol. The molecule has 0 saturated heterocycles. The number of hydrogen-bond acceptors (Lipinski definition) is 4. The molecule has 0 aliphatic rings. The van der Waals surface area contributed by atoms with Crippen LogP contribution < -0.4 is 9.47 Å². The van der Waals surface area contributed by atoms with Crippen LogP contribution in [-0.2, 0) is 6.61 Å². The molecule has 1 heterocycles. The van der Waals surface area contributed by atoms with Gasteiger partial charge in [-0.05, 0) is 37.3 Å². The topological polar surface area (TPSA) is 51.7 Å². The lowest BCUT2D eigenvalue weighted by Crippen LogP contribution is -2.29. The number of rotatable bonds is 7. The average Bonchev–Trinajstić information content (AvgIpc) is 2.77. The van der Waals surface area contributed by atoms with Crippen molar-refractivity contribution in [3.63, 3.8) is 0 Å². The van der Waals surface area contributed by atoms with Gasteiger partial charge in [0.2, 0.25) is 0 Å². The molecule has 1 unspecified atom stereocenters. The summed E-state index contributed by atoms with van der Waals surface area (Å²) in [6, 6.07) is 18.7. The number of carbonyl (C=O) groups is 1. The fourth-order valence-corrected chi connectivity index (χ4v) is 2.97. The Kier molecular flexibility index (Phi) is 6.27. The molecule has 144 valence electrons. The first-order chi connectivity index (χ1) is 13.6. The van der Waals surface area contributed by atoms with Crippen LogP contribution in [0.15, 0.2) is 73.1 Å². The minimum Gasteiger partial charge on any atom is -0.496 e. The molecule has 1 amide bonds. The Morgan fingerprint density at radius 3 is 2.68 bits per heavy atom. The van der Waals surface area contributed by atoms with Crippen molar-refractivity contribution in [2.45, 2.75) is 19.6 Å². The van der Waals surface area contributed by atoms with Crippen molar-refractivity contribution in [3.8, 4) is 11.5 Å². The highest BCUT2D eigenvalue weighted by atomic mass is 16.5. The monoisotopic (exact) mass is 376 g/mol. The maximum atomic E-state index is 13.0. The summed E-state index contributed by atoms with van der Waals surface area (Å²) < 4.78 is 11.2. The van der Waals surface area contributed by atoms with Crippen LogP contribution >= 0.6 is 0 Å². The van der Waals surface area contributed by atoms with E-state index in [1.165, 1.54) is 0 Å². The van der Waals surface area contributed by atoms with Crippen LogP contribution in [0.3, 0.4) is 0 Å². The maximum absolute atomic E-state index is 13.0. The third-order valence-electron chi connectivity index (χ3n) is 4.70. The normalized spacial score (nSPS) is 11.5. The number of ether oxygens (including phenoxy) is 2. The average molecular weight is 376 g/mol. The molecule has 0 N–H and O–H groups in total. The van der Waals surface area contributed by atoms with Gasteiger partial charge in [0.15, 0.2) is 0 Å². The van der Waals surface area contributed by atoms with Crippen molar-refractivity contribution < 1.29 is 14.3 Å². The summed E-state index contributed by atoms with van der Waals surface area (Å²) in [5, 5.41) is 0. The van der Waals surface area contributed by atoms with Gasteiger partial charge in [-0.15, -0.1) is 0 Å². The van der Waals surface area contributed by atoms with Gasteiger partial charge in [0.05, 0.1) is 13.2 Å². The maximum Gasteiger partial charge on any atom is 0.254 e. The van der Waals surface area contributed by atoms with Gasteiger partial charge in [-0.25, -0.2) is 0 Å². The van der Waals surface area contributed by atoms with Crippen molar-refractivity contribution in [2.24, 2.45) is 0 Å². The van der Waals surface area contributed by atoms with E-state index in [-0.39, 0.29) is 11.9 Å². The minimum absolute atomic E-state index is 0.0785. The second-order valence-electron chi connectivity index (χ2n) is 6.51. The molecule has 2 aromatic carbocycles. The number of benzene rings is 2. The summed E-state index contributed by atoms with van der Waals surface area (Å²) in [5.74, 6) is 1.33. The third kappa shape index (κ3) is 4.49. The van der Waals surface area contributed by atoms with Gasteiger partial charge >= 0.3 is 0 Å². The van der Waals surface area contributed by atoms with Gasteiger partial charge in [-0.2, -0.15) is 0 Å². The first kappa shape index (κ1) is 19.4. The summed E-state index contributed by atoms with van der Waals surface area (Å²) in [6.45, 7) is 2.39. The lowest BCUT2D eigenvalue weighted by Gasteiger charge is -2.26. The number of carbonyl (C=O) groups excluding carboxylic acids is 1. The second kappa shape index (κ2) is 9.04. The molecule has 28 heavy (non-hydrogen) atoms. The number of pyridine rings is 1. The van der Waals surface area contributed by atoms with E-state index in [1.807, 2.05) is 55.5 Å². The zero-order valence-corrected chi connectivity index (χ0v) is 16.3. The molecule has 5 heteroatoms. The summed E-state index contributed by atoms with van der Waals surface area (Å²) >= 11 is 0. The highest BCUT2D eigenvalue weighted by molar-refractivity contribution is 5.94. The Morgan fingerprint density at radius 1 is 1.11 bits per heavy atom. The zero-order chi connectivity index (χ0) is 19.9. The Balaban J connectivity index is 1.72. The fourth-order valence-electron chi connectivity index (χ4n) is 2.97. The van der Waals surface area contributed by atoms with Crippen LogP contribution in [0.5, 0.6) is 11.5 Å². The Bertz CT molecular complexity index is 928.